The standard InChI is InChI=1S/C6H2N3O4SSi/c10-8(11)4-1-3-6(15-14-7-3)2-5(4)9(12)13/h1-2H. The number of hydrogen-bond acceptors (Lipinski definition) is 5. The van der Waals surface area contributed by atoms with Crippen molar-refractivity contribution < 1.29 is 9.85 Å². The van der Waals surface area contributed by atoms with Crippen LogP contribution >= 0.6 is 0 Å². The van der Waals surface area contributed by atoms with E-state index in [4.69, 9.17) is 0 Å². The number of fused-ring (bicyclic) bond motifs is 1. The van der Waals surface area contributed by atoms with Gasteiger partial charge in [0.1, 0.15) is 0 Å². The smallest absolute Gasteiger partial charge is 0.258 e. The number of benzene rings is 1. The third-order valence-corrected chi connectivity index (χ3v) is 3.99. The summed E-state index contributed by atoms with van der Waals surface area (Å²) < 4.78 is 3.94. The monoisotopic (exact) mass is 240 g/mol. The second-order valence-corrected chi connectivity index (χ2v) is 4.92. The quantitative estimate of drug-likeness (QED) is 0.437. The van der Waals surface area contributed by atoms with Crippen molar-refractivity contribution in [1.29, 1.82) is 0 Å². The highest BCUT2D eigenvalue weighted by Crippen LogP contribution is 2.29. The van der Waals surface area contributed by atoms with Gasteiger partial charge in [-0.1, -0.05) is 10.6 Å². The van der Waals surface area contributed by atoms with Crippen LogP contribution in [-0.4, -0.2) is 18.1 Å². The van der Waals surface area contributed by atoms with Gasteiger partial charge in [0.15, 0.2) is 8.23 Å². The Morgan fingerprint density at radius 2 is 1.80 bits per heavy atom. The van der Waals surface area contributed by atoms with Gasteiger partial charge in [0.05, 0.1) is 21.6 Å². The molecule has 1 aromatic rings. The van der Waals surface area contributed by atoms with Crippen LogP contribution < -0.4 is 5.19 Å². The molecule has 1 aliphatic rings. The van der Waals surface area contributed by atoms with Gasteiger partial charge in [-0.15, -0.1) is 0 Å². The Morgan fingerprint density at radius 1 is 1.20 bits per heavy atom. The van der Waals surface area contributed by atoms with Crippen LogP contribution in [0.5, 0.6) is 0 Å². The fourth-order valence-corrected chi connectivity index (χ4v) is 3.26. The van der Waals surface area contributed by atoms with Gasteiger partial charge in [0.2, 0.25) is 0 Å². The van der Waals surface area contributed by atoms with Gasteiger partial charge in [-0.3, -0.25) is 20.2 Å². The molecule has 0 N–H and O–H groups in total. The zero-order chi connectivity index (χ0) is 11.0. The van der Waals surface area contributed by atoms with E-state index < -0.39 is 21.2 Å². The molecule has 1 radical (unpaired) electrons. The fraction of sp³-hybridized carbons (Fsp3) is 0. The summed E-state index contributed by atoms with van der Waals surface area (Å²) >= 11 is 0. The van der Waals surface area contributed by atoms with Gasteiger partial charge < -0.3 is 0 Å². The molecule has 0 bridgehead atoms. The molecule has 2 rings (SSSR count). The number of nitro benzene ring substituents is 2. The van der Waals surface area contributed by atoms with Crippen LogP contribution in [0.25, 0.3) is 0 Å². The van der Waals surface area contributed by atoms with Crippen molar-refractivity contribution in [2.24, 2.45) is 4.36 Å². The van der Waals surface area contributed by atoms with Crippen LogP contribution in [0.1, 0.15) is 0 Å². The van der Waals surface area contributed by atoms with Crippen molar-refractivity contribution in [1.82, 2.24) is 0 Å². The van der Waals surface area contributed by atoms with Crippen molar-refractivity contribution in [3.63, 3.8) is 0 Å². The topological polar surface area (TPSA) is 98.6 Å². The van der Waals surface area contributed by atoms with E-state index in [0.29, 0.717) is 10.9 Å². The second-order valence-electron chi connectivity index (χ2n) is 2.66. The lowest BCUT2D eigenvalue weighted by Gasteiger charge is -1.97. The van der Waals surface area contributed by atoms with Crippen molar-refractivity contribution in [2.75, 3.05) is 0 Å². The van der Waals surface area contributed by atoms with E-state index >= 15 is 0 Å². The lowest BCUT2D eigenvalue weighted by Crippen LogP contribution is -2.07. The van der Waals surface area contributed by atoms with Crippen LogP contribution in [0, 0.1) is 20.2 Å². The number of nitro groups is 2. The molecule has 15 heavy (non-hydrogen) atoms. The normalized spacial score (nSPS) is 12.0. The summed E-state index contributed by atoms with van der Waals surface area (Å²) in [4.78, 5) is 19.7. The van der Waals surface area contributed by atoms with E-state index in [1.807, 2.05) is 0 Å². The molecule has 0 amide bonds. The highest BCUT2D eigenvalue weighted by molar-refractivity contribution is 7.76. The Kier molecular flexibility index (Phi) is 2.25. The summed E-state index contributed by atoms with van der Waals surface area (Å²) in [6.07, 6.45) is 0. The minimum atomic E-state index is -0.764. The molecule has 1 aromatic carbocycles. The minimum Gasteiger partial charge on any atom is -0.258 e. The molecule has 1 aliphatic heterocycles. The molecule has 9 heteroatoms. The minimum absolute atomic E-state index is 0.282. The Hall–Kier alpha value is -1.74. The fourth-order valence-electron chi connectivity index (χ4n) is 1.14. The number of rotatable bonds is 2. The van der Waals surface area contributed by atoms with Crippen molar-refractivity contribution >= 4 is 41.0 Å². The summed E-state index contributed by atoms with van der Waals surface area (Å²) in [5.74, 6) is 0. The maximum atomic E-state index is 10.6. The highest BCUT2D eigenvalue weighted by Gasteiger charge is 2.27. The second kappa shape index (κ2) is 3.44. The molecular weight excluding hydrogens is 238 g/mol. The van der Waals surface area contributed by atoms with E-state index in [1.165, 1.54) is 16.6 Å². The molecule has 0 aliphatic carbocycles. The van der Waals surface area contributed by atoms with Gasteiger partial charge in [-0.2, -0.15) is 0 Å². The van der Waals surface area contributed by atoms with Gasteiger partial charge in [-0.25, -0.2) is 4.36 Å². The van der Waals surface area contributed by atoms with E-state index in [9.17, 15) is 20.2 Å². The van der Waals surface area contributed by atoms with Crippen LogP contribution in [0.4, 0.5) is 17.1 Å². The van der Waals surface area contributed by atoms with E-state index in [1.54, 1.807) is 0 Å². The van der Waals surface area contributed by atoms with Gasteiger partial charge >= 0.3 is 11.4 Å². The average Bonchev–Trinajstić information content (AvgIpc) is 2.61. The maximum Gasteiger partial charge on any atom is 0.348 e. The predicted octanol–water partition coefficient (Wildman–Crippen LogP) is 0.659. The van der Waals surface area contributed by atoms with Gasteiger partial charge in [0.25, 0.3) is 0 Å². The largest absolute Gasteiger partial charge is 0.348 e. The van der Waals surface area contributed by atoms with E-state index in [2.05, 4.69) is 4.36 Å². The molecule has 0 spiro atoms. The molecule has 0 saturated heterocycles. The summed E-state index contributed by atoms with van der Waals surface area (Å²) in [6.45, 7) is 0. The van der Waals surface area contributed by atoms with Crippen LogP contribution in [0.3, 0.4) is 0 Å². The maximum absolute atomic E-state index is 10.6. The van der Waals surface area contributed by atoms with Crippen LogP contribution in [0.2, 0.25) is 0 Å². The Balaban J connectivity index is 2.69. The Morgan fingerprint density at radius 3 is 2.40 bits per heavy atom. The first-order chi connectivity index (χ1) is 7.09. The summed E-state index contributed by atoms with van der Waals surface area (Å²) in [7, 11) is 1.53. The molecule has 0 aromatic heterocycles. The third-order valence-electron chi connectivity index (χ3n) is 1.79. The summed E-state index contributed by atoms with van der Waals surface area (Å²) in [5.41, 5.74) is -0.505. The molecular formula is C6H2N3O4SSi. The SMILES string of the molecule is O=[N+]([O-])c1cc2c(cc1[N+](=O)[O-])[Si]=S=N2. The molecule has 0 atom stereocenters. The Labute approximate surface area is 88.1 Å². The summed E-state index contributed by atoms with van der Waals surface area (Å²) in [5, 5.41) is 21.9. The molecule has 0 unspecified atom stereocenters. The molecule has 0 fully saturated rings. The first-order valence-electron chi connectivity index (χ1n) is 3.69. The zero-order valence-corrected chi connectivity index (χ0v) is 8.85. The van der Waals surface area contributed by atoms with Gasteiger partial charge in [0, 0.05) is 11.3 Å². The molecule has 75 valence electrons. The van der Waals surface area contributed by atoms with Crippen molar-refractivity contribution in [2.45, 2.75) is 0 Å². The lowest BCUT2D eigenvalue weighted by molar-refractivity contribution is -0.422. The third kappa shape index (κ3) is 1.61. The molecule has 0 saturated carbocycles. The van der Waals surface area contributed by atoms with Crippen LogP contribution in [0.15, 0.2) is 16.5 Å². The van der Waals surface area contributed by atoms with E-state index in [0.717, 1.165) is 6.07 Å². The first kappa shape index (κ1) is 9.80. The highest BCUT2D eigenvalue weighted by atomic mass is 32.2. The molecule has 7 nitrogen and oxygen atoms in total. The Bertz CT molecular complexity index is 507. The van der Waals surface area contributed by atoms with E-state index in [-0.39, 0.29) is 8.23 Å². The first-order valence-corrected chi connectivity index (χ1v) is 6.19. The zero-order valence-electron chi connectivity index (χ0n) is 7.04. The molecule has 1 heterocycles. The number of hydrogen-bond donors (Lipinski definition) is 0. The van der Waals surface area contributed by atoms with Gasteiger partial charge in [-0.05, 0) is 0 Å². The predicted molar refractivity (Wildman–Crippen MR) is 54.6 cm³/mol. The summed E-state index contributed by atoms with van der Waals surface area (Å²) in [6, 6.07) is 2.38. The average molecular weight is 240 g/mol. The van der Waals surface area contributed by atoms with Crippen molar-refractivity contribution in [3.8, 4) is 0 Å². The lowest BCUT2D eigenvalue weighted by atomic mass is 10.2. The van der Waals surface area contributed by atoms with Crippen molar-refractivity contribution in [3.05, 3.63) is 32.4 Å². The number of nitrogens with zero attached hydrogens (tertiary/aromatic N) is 3. The van der Waals surface area contributed by atoms with Crippen LogP contribution in [-0.2, 0) is 10.6 Å².